The van der Waals surface area contributed by atoms with E-state index in [1.807, 2.05) is 6.07 Å². The largest absolute Gasteiger partial charge is 0.495 e. The van der Waals surface area contributed by atoms with Crippen LogP contribution in [0.15, 0.2) is 54.6 Å². The highest BCUT2D eigenvalue weighted by molar-refractivity contribution is 6.30. The summed E-state index contributed by atoms with van der Waals surface area (Å²) in [7, 11) is 1.72. The van der Waals surface area contributed by atoms with Gasteiger partial charge in [-0.25, -0.2) is 0 Å². The Kier molecular flexibility index (Phi) is 5.31. The second-order valence-electron chi connectivity index (χ2n) is 7.47. The van der Waals surface area contributed by atoms with Crippen molar-refractivity contribution in [2.24, 2.45) is 0 Å². The molecule has 1 aliphatic heterocycles. The minimum absolute atomic E-state index is 0.0318. The smallest absolute Gasteiger partial charge is 0.251 e. The third kappa shape index (κ3) is 3.37. The molecule has 0 radical (unpaired) electrons. The van der Waals surface area contributed by atoms with Gasteiger partial charge in [0.15, 0.2) is 0 Å². The maximum Gasteiger partial charge on any atom is 0.251 e. The Morgan fingerprint density at radius 1 is 1.29 bits per heavy atom. The minimum atomic E-state index is -0.0588. The summed E-state index contributed by atoms with van der Waals surface area (Å²) in [5, 5.41) is 7.35. The summed E-state index contributed by atoms with van der Waals surface area (Å²) in [6.07, 6.45) is 8.74. The molecular formula is C23H25ClN2O2. The highest BCUT2D eigenvalue weighted by atomic mass is 35.5. The molecule has 146 valence electrons. The van der Waals surface area contributed by atoms with Crippen LogP contribution < -0.4 is 15.4 Å². The van der Waals surface area contributed by atoms with Gasteiger partial charge in [0.25, 0.3) is 5.91 Å². The molecule has 2 unspecified atom stereocenters. The molecule has 2 aromatic rings. The lowest BCUT2D eigenvalue weighted by Crippen LogP contribution is -2.36. The van der Waals surface area contributed by atoms with E-state index in [1.54, 1.807) is 31.4 Å². The predicted octanol–water partition coefficient (Wildman–Crippen LogP) is 4.94. The van der Waals surface area contributed by atoms with Crippen molar-refractivity contribution in [3.05, 3.63) is 70.8 Å². The van der Waals surface area contributed by atoms with Crippen molar-refractivity contribution in [3.63, 3.8) is 0 Å². The summed E-state index contributed by atoms with van der Waals surface area (Å²) in [5.41, 5.74) is 3.11. The molecule has 4 nitrogen and oxygen atoms in total. The van der Waals surface area contributed by atoms with E-state index in [0.717, 1.165) is 37.1 Å². The normalized spacial score (nSPS) is 22.1. The number of methoxy groups -OCH3 is 1. The van der Waals surface area contributed by atoms with Gasteiger partial charge in [0.1, 0.15) is 5.75 Å². The van der Waals surface area contributed by atoms with Gasteiger partial charge in [0, 0.05) is 28.6 Å². The number of carbonyl (C=O) groups excluding carboxylic acids is 1. The Morgan fingerprint density at radius 3 is 2.82 bits per heavy atom. The first-order valence-electron chi connectivity index (χ1n) is 9.79. The zero-order valence-corrected chi connectivity index (χ0v) is 16.8. The number of hydrogen-bond donors (Lipinski definition) is 2. The lowest BCUT2D eigenvalue weighted by molar-refractivity contribution is 0.0952. The molecule has 1 amide bonds. The fourth-order valence-electron chi connectivity index (χ4n) is 4.48. The molecule has 28 heavy (non-hydrogen) atoms. The first-order chi connectivity index (χ1) is 13.6. The van der Waals surface area contributed by atoms with Crippen LogP contribution in [-0.4, -0.2) is 25.6 Å². The van der Waals surface area contributed by atoms with Gasteiger partial charge in [-0.2, -0.15) is 0 Å². The van der Waals surface area contributed by atoms with Gasteiger partial charge in [-0.1, -0.05) is 35.9 Å². The van der Waals surface area contributed by atoms with Gasteiger partial charge < -0.3 is 15.4 Å². The van der Waals surface area contributed by atoms with Gasteiger partial charge in [-0.3, -0.25) is 4.79 Å². The SMILES string of the molecule is COc1cccc2c1NC(CCCNC(=O)c1ccc(Cl)cc1)C21C=CCC1. The third-order valence-electron chi connectivity index (χ3n) is 5.89. The molecule has 0 bridgehead atoms. The van der Waals surface area contributed by atoms with E-state index in [-0.39, 0.29) is 11.3 Å². The number of halogens is 1. The van der Waals surface area contributed by atoms with E-state index in [1.165, 1.54) is 5.56 Å². The van der Waals surface area contributed by atoms with Crippen molar-refractivity contribution in [3.8, 4) is 5.75 Å². The van der Waals surface area contributed by atoms with Gasteiger partial charge >= 0.3 is 0 Å². The van der Waals surface area contributed by atoms with E-state index in [0.29, 0.717) is 23.2 Å². The van der Waals surface area contributed by atoms with Crippen molar-refractivity contribution >= 4 is 23.2 Å². The predicted molar refractivity (Wildman–Crippen MR) is 113 cm³/mol. The monoisotopic (exact) mass is 396 g/mol. The number of ether oxygens (including phenoxy) is 1. The first-order valence-corrected chi connectivity index (χ1v) is 10.2. The number of benzene rings is 2. The molecule has 2 atom stereocenters. The molecule has 2 aromatic carbocycles. The van der Waals surface area contributed by atoms with Crippen LogP contribution >= 0.6 is 11.6 Å². The number of fused-ring (bicyclic) bond motifs is 2. The second kappa shape index (κ2) is 7.88. The van der Waals surface area contributed by atoms with Crippen LogP contribution in [0.3, 0.4) is 0 Å². The van der Waals surface area contributed by atoms with Crippen molar-refractivity contribution in [1.29, 1.82) is 0 Å². The first kappa shape index (κ1) is 18.9. The quantitative estimate of drug-likeness (QED) is 0.537. The van der Waals surface area contributed by atoms with E-state index in [2.05, 4.69) is 34.9 Å². The van der Waals surface area contributed by atoms with Crippen molar-refractivity contribution in [2.45, 2.75) is 37.1 Å². The Hall–Kier alpha value is -2.46. The standard InChI is InChI=1S/C23H25ClN2O2/c1-28-19-7-4-6-18-21(19)26-20(23(18)13-2-3-14-23)8-5-15-25-22(27)16-9-11-17(24)12-10-16/h2,4,6-7,9-13,20,26H,3,5,8,14-15H2,1H3,(H,25,27). The Labute approximate surface area is 170 Å². The van der Waals surface area contributed by atoms with Gasteiger partial charge in [0.2, 0.25) is 0 Å². The van der Waals surface area contributed by atoms with Gasteiger partial charge in [-0.05, 0) is 61.6 Å². The Bertz CT molecular complexity index is 894. The van der Waals surface area contributed by atoms with Crippen LogP contribution in [0.2, 0.25) is 5.02 Å². The molecule has 0 saturated carbocycles. The highest BCUT2D eigenvalue weighted by Crippen LogP contribution is 2.52. The van der Waals surface area contributed by atoms with Crippen LogP contribution in [0, 0.1) is 0 Å². The zero-order chi connectivity index (χ0) is 19.6. The number of amides is 1. The van der Waals surface area contributed by atoms with E-state index in [4.69, 9.17) is 16.3 Å². The highest BCUT2D eigenvalue weighted by Gasteiger charge is 2.46. The number of para-hydroxylation sites is 1. The minimum Gasteiger partial charge on any atom is -0.495 e. The molecule has 0 fully saturated rings. The van der Waals surface area contributed by atoms with Crippen LogP contribution in [0.1, 0.15) is 41.6 Å². The summed E-state index contributed by atoms with van der Waals surface area (Å²) >= 11 is 5.88. The summed E-state index contributed by atoms with van der Waals surface area (Å²) in [6.45, 7) is 0.646. The Balaban J connectivity index is 1.39. The van der Waals surface area contributed by atoms with Crippen LogP contribution in [-0.2, 0) is 5.41 Å². The van der Waals surface area contributed by atoms with Gasteiger partial charge in [-0.15, -0.1) is 0 Å². The molecule has 2 N–H and O–H groups in total. The molecule has 1 spiro atoms. The summed E-state index contributed by atoms with van der Waals surface area (Å²) in [6, 6.07) is 13.6. The zero-order valence-electron chi connectivity index (χ0n) is 16.0. The summed E-state index contributed by atoms with van der Waals surface area (Å²) in [5.74, 6) is 0.840. The number of rotatable bonds is 6. The average molecular weight is 397 g/mol. The number of carbonyl (C=O) groups is 1. The van der Waals surface area contributed by atoms with Gasteiger partial charge in [0.05, 0.1) is 12.8 Å². The van der Waals surface area contributed by atoms with E-state index in [9.17, 15) is 4.79 Å². The van der Waals surface area contributed by atoms with Crippen molar-refractivity contribution in [1.82, 2.24) is 5.32 Å². The number of nitrogens with one attached hydrogen (secondary N) is 2. The maximum absolute atomic E-state index is 12.3. The molecule has 5 heteroatoms. The number of hydrogen-bond acceptors (Lipinski definition) is 3. The third-order valence-corrected chi connectivity index (χ3v) is 6.14. The fourth-order valence-corrected chi connectivity index (χ4v) is 4.61. The average Bonchev–Trinajstić information content (AvgIpc) is 3.32. The van der Waals surface area contributed by atoms with Crippen molar-refractivity contribution < 1.29 is 9.53 Å². The molecule has 2 aliphatic rings. The molecule has 0 aromatic heterocycles. The number of allylic oxidation sites excluding steroid dienone is 1. The lowest BCUT2D eigenvalue weighted by Gasteiger charge is -2.30. The van der Waals surface area contributed by atoms with Crippen molar-refractivity contribution in [2.75, 3.05) is 19.0 Å². The topological polar surface area (TPSA) is 50.4 Å². The van der Waals surface area contributed by atoms with E-state index >= 15 is 0 Å². The molecule has 1 heterocycles. The lowest BCUT2D eigenvalue weighted by atomic mass is 9.75. The van der Waals surface area contributed by atoms with Crippen LogP contribution in [0.5, 0.6) is 5.75 Å². The summed E-state index contributed by atoms with van der Waals surface area (Å²) in [4.78, 5) is 12.3. The summed E-state index contributed by atoms with van der Waals surface area (Å²) < 4.78 is 5.57. The second-order valence-corrected chi connectivity index (χ2v) is 7.90. The fraction of sp³-hybridized carbons (Fsp3) is 0.348. The molecular weight excluding hydrogens is 372 g/mol. The van der Waals surface area contributed by atoms with Crippen LogP contribution in [0.4, 0.5) is 5.69 Å². The maximum atomic E-state index is 12.3. The van der Waals surface area contributed by atoms with E-state index < -0.39 is 0 Å². The molecule has 0 saturated heterocycles. The molecule has 4 rings (SSSR count). The molecule has 1 aliphatic carbocycles. The Morgan fingerprint density at radius 2 is 2.11 bits per heavy atom. The van der Waals surface area contributed by atoms with Crippen LogP contribution in [0.25, 0.3) is 0 Å². The number of anilines is 1.